The van der Waals surface area contributed by atoms with Gasteiger partial charge in [-0.3, -0.25) is 9.48 Å². The summed E-state index contributed by atoms with van der Waals surface area (Å²) in [7, 11) is 1.77. The number of hydrogen-bond acceptors (Lipinski definition) is 6. The average molecular weight is 382 g/mol. The lowest BCUT2D eigenvalue weighted by atomic mass is 10.1. The highest BCUT2D eigenvalue weighted by atomic mass is 16.5. The van der Waals surface area contributed by atoms with E-state index in [1.54, 1.807) is 17.9 Å². The fourth-order valence-corrected chi connectivity index (χ4v) is 2.82. The number of nitrogens with one attached hydrogen (secondary N) is 2. The molecule has 3 aromatic heterocycles. The SMILES string of the molecule is CCNc1cc(-c2cc([C@H](C)NC(=O)c3cc(C(C)C)nn3C)on2)ccn1. The highest BCUT2D eigenvalue weighted by Gasteiger charge is 2.20. The molecule has 3 heterocycles. The van der Waals surface area contributed by atoms with Crippen LogP contribution in [0.2, 0.25) is 0 Å². The van der Waals surface area contributed by atoms with E-state index in [9.17, 15) is 4.79 Å². The first-order valence-corrected chi connectivity index (χ1v) is 9.40. The number of aryl methyl sites for hydroxylation is 1. The Morgan fingerprint density at radius 2 is 2.04 bits per heavy atom. The minimum atomic E-state index is -0.332. The van der Waals surface area contributed by atoms with Crippen molar-refractivity contribution in [1.29, 1.82) is 0 Å². The number of pyridine rings is 1. The van der Waals surface area contributed by atoms with E-state index < -0.39 is 0 Å². The fourth-order valence-electron chi connectivity index (χ4n) is 2.82. The summed E-state index contributed by atoms with van der Waals surface area (Å²) in [5.41, 5.74) is 2.99. The summed E-state index contributed by atoms with van der Waals surface area (Å²) in [6, 6.07) is 7.10. The van der Waals surface area contributed by atoms with Crippen LogP contribution in [0.25, 0.3) is 11.3 Å². The second-order valence-corrected chi connectivity index (χ2v) is 7.00. The van der Waals surface area contributed by atoms with E-state index in [1.807, 2.05) is 52.0 Å². The molecule has 0 spiro atoms. The van der Waals surface area contributed by atoms with E-state index in [1.165, 1.54) is 0 Å². The molecular weight excluding hydrogens is 356 g/mol. The van der Waals surface area contributed by atoms with Crippen molar-refractivity contribution >= 4 is 11.7 Å². The Hall–Kier alpha value is -3.16. The van der Waals surface area contributed by atoms with E-state index >= 15 is 0 Å². The van der Waals surface area contributed by atoms with Crippen molar-refractivity contribution in [2.24, 2.45) is 7.05 Å². The molecule has 1 amide bonds. The maximum absolute atomic E-state index is 12.6. The Morgan fingerprint density at radius 3 is 2.71 bits per heavy atom. The first-order chi connectivity index (χ1) is 13.4. The Bertz CT molecular complexity index is 959. The quantitative estimate of drug-likeness (QED) is 0.649. The summed E-state index contributed by atoms with van der Waals surface area (Å²) in [6.45, 7) is 8.75. The third kappa shape index (κ3) is 4.21. The van der Waals surface area contributed by atoms with Gasteiger partial charge in [-0.15, -0.1) is 0 Å². The normalized spacial score (nSPS) is 12.2. The predicted octanol–water partition coefficient (Wildman–Crippen LogP) is 3.52. The van der Waals surface area contributed by atoms with Gasteiger partial charge in [0.2, 0.25) is 0 Å². The van der Waals surface area contributed by atoms with Gasteiger partial charge in [0.25, 0.3) is 5.91 Å². The molecule has 0 aliphatic carbocycles. The zero-order chi connectivity index (χ0) is 20.3. The van der Waals surface area contributed by atoms with Crippen molar-refractivity contribution in [1.82, 2.24) is 25.2 Å². The molecule has 3 aromatic rings. The third-order valence-electron chi connectivity index (χ3n) is 4.44. The highest BCUT2D eigenvalue weighted by molar-refractivity contribution is 5.92. The number of amides is 1. The zero-order valence-electron chi connectivity index (χ0n) is 16.9. The lowest BCUT2D eigenvalue weighted by Crippen LogP contribution is -2.28. The molecule has 0 saturated carbocycles. The van der Waals surface area contributed by atoms with Crippen molar-refractivity contribution < 1.29 is 9.32 Å². The number of hydrogen-bond donors (Lipinski definition) is 2. The van der Waals surface area contributed by atoms with Crippen LogP contribution in [0.5, 0.6) is 0 Å². The predicted molar refractivity (Wildman–Crippen MR) is 107 cm³/mol. The van der Waals surface area contributed by atoms with Gasteiger partial charge in [-0.2, -0.15) is 5.10 Å². The van der Waals surface area contributed by atoms with Crippen LogP contribution in [0.15, 0.2) is 35.0 Å². The molecule has 8 nitrogen and oxygen atoms in total. The molecule has 0 aliphatic rings. The van der Waals surface area contributed by atoms with E-state index in [2.05, 4.69) is 25.9 Å². The van der Waals surface area contributed by atoms with E-state index in [0.29, 0.717) is 17.1 Å². The molecule has 0 bridgehead atoms. The number of anilines is 1. The summed E-state index contributed by atoms with van der Waals surface area (Å²) in [6.07, 6.45) is 1.72. The van der Waals surface area contributed by atoms with Gasteiger partial charge in [0.15, 0.2) is 5.76 Å². The van der Waals surface area contributed by atoms with Crippen molar-refractivity contribution in [3.8, 4) is 11.3 Å². The molecular formula is C20H26N6O2. The molecule has 3 rings (SSSR count). The summed E-state index contributed by atoms with van der Waals surface area (Å²) in [5.74, 6) is 1.42. The van der Waals surface area contributed by atoms with Crippen LogP contribution in [0.1, 0.15) is 61.6 Å². The number of carbonyl (C=O) groups is 1. The fraction of sp³-hybridized carbons (Fsp3) is 0.400. The second-order valence-electron chi connectivity index (χ2n) is 7.00. The highest BCUT2D eigenvalue weighted by Crippen LogP contribution is 2.24. The number of aromatic nitrogens is 4. The summed E-state index contributed by atoms with van der Waals surface area (Å²) in [5, 5.41) is 14.6. The van der Waals surface area contributed by atoms with Gasteiger partial charge in [0.1, 0.15) is 17.2 Å². The van der Waals surface area contributed by atoms with Gasteiger partial charge in [-0.1, -0.05) is 19.0 Å². The minimum Gasteiger partial charge on any atom is -0.370 e. The van der Waals surface area contributed by atoms with Crippen LogP contribution in [-0.4, -0.2) is 32.4 Å². The van der Waals surface area contributed by atoms with Crippen molar-refractivity contribution in [2.45, 2.75) is 39.7 Å². The van der Waals surface area contributed by atoms with Crippen molar-refractivity contribution in [2.75, 3.05) is 11.9 Å². The van der Waals surface area contributed by atoms with Crippen LogP contribution in [0, 0.1) is 0 Å². The van der Waals surface area contributed by atoms with Crippen molar-refractivity contribution in [3.05, 3.63) is 47.6 Å². The van der Waals surface area contributed by atoms with Crippen LogP contribution in [0.3, 0.4) is 0 Å². The molecule has 8 heteroatoms. The lowest BCUT2D eigenvalue weighted by molar-refractivity contribution is 0.0924. The monoisotopic (exact) mass is 382 g/mol. The first-order valence-electron chi connectivity index (χ1n) is 9.40. The average Bonchev–Trinajstić information content (AvgIpc) is 3.29. The molecule has 28 heavy (non-hydrogen) atoms. The van der Waals surface area contributed by atoms with E-state index in [4.69, 9.17) is 4.52 Å². The number of carbonyl (C=O) groups excluding carboxylic acids is 1. The second kappa shape index (κ2) is 8.24. The summed E-state index contributed by atoms with van der Waals surface area (Å²) >= 11 is 0. The zero-order valence-corrected chi connectivity index (χ0v) is 16.9. The Labute approximate surface area is 164 Å². The van der Waals surface area contributed by atoms with Gasteiger partial charge < -0.3 is 15.2 Å². The molecule has 0 unspecified atom stereocenters. The molecule has 0 radical (unpaired) electrons. The molecule has 1 atom stereocenters. The van der Waals surface area contributed by atoms with Crippen LogP contribution in [0.4, 0.5) is 5.82 Å². The lowest BCUT2D eigenvalue weighted by Gasteiger charge is -2.10. The maximum atomic E-state index is 12.6. The van der Waals surface area contributed by atoms with E-state index in [-0.39, 0.29) is 17.9 Å². The smallest absolute Gasteiger partial charge is 0.270 e. The van der Waals surface area contributed by atoms with Gasteiger partial charge in [0, 0.05) is 31.4 Å². The molecule has 2 N–H and O–H groups in total. The standard InChI is InChI=1S/C20H26N6O2/c1-6-21-19-9-14(7-8-22-19)16-11-18(28-25-16)13(4)23-20(27)17-10-15(12(2)3)24-26(17)5/h7-13H,6H2,1-5H3,(H,21,22)(H,23,27)/t13-/m0/s1. The van der Waals surface area contributed by atoms with Crippen LogP contribution < -0.4 is 10.6 Å². The maximum Gasteiger partial charge on any atom is 0.270 e. The Morgan fingerprint density at radius 1 is 1.25 bits per heavy atom. The molecule has 148 valence electrons. The Kier molecular flexibility index (Phi) is 5.77. The first kappa shape index (κ1) is 19.6. The van der Waals surface area contributed by atoms with E-state index in [0.717, 1.165) is 23.6 Å². The summed E-state index contributed by atoms with van der Waals surface area (Å²) < 4.78 is 7.06. The molecule has 0 fully saturated rings. The topological polar surface area (TPSA) is 97.9 Å². The Balaban J connectivity index is 1.73. The van der Waals surface area contributed by atoms with Crippen LogP contribution in [-0.2, 0) is 7.05 Å². The number of rotatable bonds is 7. The van der Waals surface area contributed by atoms with Crippen molar-refractivity contribution in [3.63, 3.8) is 0 Å². The molecule has 0 aromatic carbocycles. The molecule has 0 aliphatic heterocycles. The van der Waals surface area contributed by atoms with Gasteiger partial charge in [0.05, 0.1) is 11.7 Å². The minimum absolute atomic E-state index is 0.203. The summed E-state index contributed by atoms with van der Waals surface area (Å²) in [4.78, 5) is 16.9. The third-order valence-corrected chi connectivity index (χ3v) is 4.44. The van der Waals surface area contributed by atoms with Gasteiger partial charge in [-0.25, -0.2) is 4.98 Å². The van der Waals surface area contributed by atoms with Gasteiger partial charge >= 0.3 is 0 Å². The van der Waals surface area contributed by atoms with Gasteiger partial charge in [-0.05, 0) is 38.0 Å². The van der Waals surface area contributed by atoms with Crippen LogP contribution >= 0.6 is 0 Å². The largest absolute Gasteiger partial charge is 0.370 e. The molecule has 0 saturated heterocycles. The number of nitrogens with zero attached hydrogens (tertiary/aromatic N) is 4.